The van der Waals surface area contributed by atoms with E-state index in [0.29, 0.717) is 4.47 Å². The average Bonchev–Trinajstić information content (AvgIpc) is 2.24. The maximum absolute atomic E-state index is 12.0. The van der Waals surface area contributed by atoms with Gasteiger partial charge in [-0.25, -0.2) is 13.6 Å². The van der Waals surface area contributed by atoms with Gasteiger partial charge in [0.2, 0.25) is 10.0 Å². The molecule has 1 aliphatic carbocycles. The molecule has 0 heterocycles. The second kappa shape index (κ2) is 5.40. The number of halogens is 2. The highest BCUT2D eigenvalue weighted by molar-refractivity contribution is 9.10. The van der Waals surface area contributed by atoms with Gasteiger partial charge in [-0.1, -0.05) is 27.5 Å². The largest absolute Gasteiger partial charge is 0.349 e. The Bertz CT molecular complexity index is 629. The molecule has 0 bridgehead atoms. The van der Waals surface area contributed by atoms with Crippen molar-refractivity contribution in [1.82, 2.24) is 5.32 Å². The Morgan fingerprint density at radius 1 is 1.42 bits per heavy atom. The molecule has 0 spiro atoms. The third-order valence-corrected chi connectivity index (χ3v) is 4.91. The lowest BCUT2D eigenvalue weighted by atomic mass is 9.93. The Labute approximate surface area is 124 Å². The molecule has 8 heteroatoms. The van der Waals surface area contributed by atoms with E-state index in [0.717, 1.165) is 19.3 Å². The number of sulfonamides is 1. The summed E-state index contributed by atoms with van der Waals surface area (Å²) in [6, 6.07) is 2.89. The van der Waals surface area contributed by atoms with Gasteiger partial charge in [0.1, 0.15) is 4.90 Å². The molecule has 1 aromatic carbocycles. The Kier molecular flexibility index (Phi) is 4.20. The summed E-state index contributed by atoms with van der Waals surface area (Å²) in [5, 5.41) is 7.72. The number of primary sulfonamides is 1. The number of nitrogens with one attached hydrogen (secondary N) is 1. The Morgan fingerprint density at radius 3 is 2.53 bits per heavy atom. The van der Waals surface area contributed by atoms with Gasteiger partial charge in [-0.05, 0) is 31.4 Å². The summed E-state index contributed by atoms with van der Waals surface area (Å²) >= 11 is 9.11. The summed E-state index contributed by atoms with van der Waals surface area (Å²) in [5.74, 6) is -0.388. The average molecular weight is 368 g/mol. The zero-order chi connectivity index (χ0) is 14.2. The van der Waals surface area contributed by atoms with Crippen LogP contribution in [0.25, 0.3) is 0 Å². The molecule has 0 aromatic heterocycles. The summed E-state index contributed by atoms with van der Waals surface area (Å²) in [7, 11) is -3.97. The molecule has 1 aromatic rings. The lowest BCUT2D eigenvalue weighted by molar-refractivity contribution is 0.0917. The lowest BCUT2D eigenvalue weighted by Crippen LogP contribution is -2.39. The molecule has 3 N–H and O–H groups in total. The first-order chi connectivity index (χ1) is 8.79. The van der Waals surface area contributed by atoms with Crippen LogP contribution in [-0.2, 0) is 10.0 Å². The van der Waals surface area contributed by atoms with Gasteiger partial charge in [-0.3, -0.25) is 4.79 Å². The molecule has 0 unspecified atom stereocenters. The van der Waals surface area contributed by atoms with Crippen molar-refractivity contribution in [3.8, 4) is 0 Å². The molecule has 0 aliphatic heterocycles. The first-order valence-corrected chi connectivity index (χ1v) is 8.33. The van der Waals surface area contributed by atoms with Crippen LogP contribution in [0.4, 0.5) is 0 Å². The van der Waals surface area contributed by atoms with E-state index in [1.54, 1.807) is 0 Å². The smallest absolute Gasteiger partial charge is 0.253 e. The van der Waals surface area contributed by atoms with E-state index in [4.69, 9.17) is 16.7 Å². The number of amides is 1. The van der Waals surface area contributed by atoms with Gasteiger partial charge in [0.05, 0.1) is 10.6 Å². The van der Waals surface area contributed by atoms with Crippen LogP contribution >= 0.6 is 27.5 Å². The topological polar surface area (TPSA) is 89.3 Å². The summed E-state index contributed by atoms with van der Waals surface area (Å²) in [4.78, 5) is 11.8. The molecular weight excluding hydrogens is 356 g/mol. The second-order valence-electron chi connectivity index (χ2n) is 4.41. The van der Waals surface area contributed by atoms with Gasteiger partial charge >= 0.3 is 0 Å². The van der Waals surface area contributed by atoms with Crippen LogP contribution in [-0.4, -0.2) is 20.4 Å². The molecule has 0 saturated heterocycles. The van der Waals surface area contributed by atoms with E-state index in [-0.39, 0.29) is 27.4 Å². The minimum atomic E-state index is -3.97. The van der Waals surface area contributed by atoms with Crippen molar-refractivity contribution in [1.29, 1.82) is 0 Å². The van der Waals surface area contributed by atoms with Crippen LogP contribution in [0.1, 0.15) is 29.6 Å². The number of hydrogen-bond acceptors (Lipinski definition) is 3. The highest BCUT2D eigenvalue weighted by Gasteiger charge is 2.24. The Balaban J connectivity index is 2.39. The van der Waals surface area contributed by atoms with Crippen LogP contribution in [0.15, 0.2) is 21.5 Å². The van der Waals surface area contributed by atoms with E-state index in [9.17, 15) is 13.2 Å². The minimum absolute atomic E-state index is 0.104. The van der Waals surface area contributed by atoms with E-state index >= 15 is 0 Å². The minimum Gasteiger partial charge on any atom is -0.349 e. The highest BCUT2D eigenvalue weighted by atomic mass is 79.9. The molecule has 1 aliphatic rings. The molecule has 19 heavy (non-hydrogen) atoms. The van der Waals surface area contributed by atoms with Crippen molar-refractivity contribution < 1.29 is 13.2 Å². The summed E-state index contributed by atoms with van der Waals surface area (Å²) < 4.78 is 23.3. The molecule has 104 valence electrons. The molecule has 5 nitrogen and oxygen atoms in total. The molecule has 2 rings (SSSR count). The quantitative estimate of drug-likeness (QED) is 0.856. The number of carbonyl (C=O) groups is 1. The summed E-state index contributed by atoms with van der Waals surface area (Å²) in [5.41, 5.74) is 0.104. The van der Waals surface area contributed by atoms with E-state index < -0.39 is 10.0 Å². The highest BCUT2D eigenvalue weighted by Crippen LogP contribution is 2.29. The number of benzene rings is 1. The third-order valence-electron chi connectivity index (χ3n) is 3.00. The number of rotatable bonds is 3. The van der Waals surface area contributed by atoms with Crippen LogP contribution in [0.3, 0.4) is 0 Å². The maximum Gasteiger partial charge on any atom is 0.253 e. The fourth-order valence-electron chi connectivity index (χ4n) is 1.75. The second-order valence-corrected chi connectivity index (χ2v) is 7.24. The lowest BCUT2D eigenvalue weighted by Gasteiger charge is -2.26. The number of nitrogens with two attached hydrogens (primary N) is 1. The molecule has 1 amide bonds. The van der Waals surface area contributed by atoms with Gasteiger partial charge in [0, 0.05) is 10.5 Å². The van der Waals surface area contributed by atoms with Crippen molar-refractivity contribution in [3.05, 3.63) is 27.2 Å². The Morgan fingerprint density at radius 2 is 2.05 bits per heavy atom. The third kappa shape index (κ3) is 3.28. The molecule has 0 atom stereocenters. The fourth-order valence-corrected chi connectivity index (χ4v) is 3.53. The van der Waals surface area contributed by atoms with E-state index in [1.165, 1.54) is 12.1 Å². The molecular formula is C11H12BrClN2O3S. The number of carbonyl (C=O) groups excluding carboxylic acids is 1. The maximum atomic E-state index is 12.0. The van der Waals surface area contributed by atoms with Crippen molar-refractivity contribution in [2.75, 3.05) is 0 Å². The monoisotopic (exact) mass is 366 g/mol. The van der Waals surface area contributed by atoms with Gasteiger partial charge in [0.25, 0.3) is 5.91 Å². The first kappa shape index (κ1) is 14.8. The van der Waals surface area contributed by atoms with Crippen molar-refractivity contribution in [2.24, 2.45) is 5.14 Å². The Hall–Kier alpha value is -0.630. The fraction of sp³-hybridized carbons (Fsp3) is 0.364. The molecule has 0 radical (unpaired) electrons. The van der Waals surface area contributed by atoms with Crippen molar-refractivity contribution in [2.45, 2.75) is 30.2 Å². The van der Waals surface area contributed by atoms with Gasteiger partial charge in [-0.2, -0.15) is 0 Å². The van der Waals surface area contributed by atoms with Gasteiger partial charge < -0.3 is 5.32 Å². The normalized spacial score (nSPS) is 15.9. The van der Waals surface area contributed by atoms with Crippen LogP contribution < -0.4 is 10.5 Å². The number of hydrogen-bond donors (Lipinski definition) is 2. The zero-order valence-corrected chi connectivity index (χ0v) is 13.0. The predicted molar refractivity (Wildman–Crippen MR) is 75.6 cm³/mol. The molecule has 1 fully saturated rings. The van der Waals surface area contributed by atoms with Crippen molar-refractivity contribution in [3.63, 3.8) is 0 Å². The zero-order valence-electron chi connectivity index (χ0n) is 9.82. The van der Waals surface area contributed by atoms with Crippen LogP contribution in [0, 0.1) is 0 Å². The van der Waals surface area contributed by atoms with Crippen LogP contribution in [0.2, 0.25) is 5.02 Å². The van der Waals surface area contributed by atoms with E-state index in [2.05, 4.69) is 21.2 Å². The molecule has 1 saturated carbocycles. The van der Waals surface area contributed by atoms with Gasteiger partial charge in [-0.15, -0.1) is 0 Å². The predicted octanol–water partition coefficient (Wildman–Crippen LogP) is 2.03. The summed E-state index contributed by atoms with van der Waals surface area (Å²) in [6.45, 7) is 0. The SMILES string of the molecule is NS(=O)(=O)c1cc(Br)cc(C(=O)NC2CCC2)c1Cl. The van der Waals surface area contributed by atoms with Gasteiger partial charge in [0.15, 0.2) is 0 Å². The van der Waals surface area contributed by atoms with Crippen molar-refractivity contribution >= 4 is 43.5 Å². The first-order valence-electron chi connectivity index (χ1n) is 5.62. The van der Waals surface area contributed by atoms with E-state index in [1.807, 2.05) is 0 Å². The standard InChI is InChI=1S/C11H12BrClN2O3S/c12-6-4-8(11(16)15-7-2-1-3-7)10(13)9(5-6)19(14,17)18/h4-5,7H,1-3H2,(H,15,16)(H2,14,17,18). The summed E-state index contributed by atoms with van der Waals surface area (Å²) in [6.07, 6.45) is 2.94. The van der Waals surface area contributed by atoms with Crippen LogP contribution in [0.5, 0.6) is 0 Å².